The summed E-state index contributed by atoms with van der Waals surface area (Å²) in [7, 11) is -4.64. The van der Waals surface area contributed by atoms with Gasteiger partial charge in [0.25, 0.3) is 0 Å². The first-order valence-electron chi connectivity index (χ1n) is 26.5. The van der Waals surface area contributed by atoms with Crippen LogP contribution in [0.1, 0.15) is 226 Å². The third-order valence-electron chi connectivity index (χ3n) is 11.3. The summed E-state index contributed by atoms with van der Waals surface area (Å²) in [5, 5.41) is 8.93. The first kappa shape index (κ1) is 63.4. The lowest BCUT2D eigenvalue weighted by molar-refractivity contribution is -0.154. The topological polar surface area (TPSA) is 155 Å². The highest BCUT2D eigenvalue weighted by atomic mass is 31.2. The summed E-state index contributed by atoms with van der Waals surface area (Å²) >= 11 is 0. The summed E-state index contributed by atoms with van der Waals surface area (Å²) in [6.45, 7) is 3.74. The van der Waals surface area contributed by atoms with Crippen molar-refractivity contribution in [2.24, 2.45) is 5.73 Å². The van der Waals surface area contributed by atoms with Crippen molar-refractivity contribution in [3.63, 3.8) is 0 Å². The number of carboxylic acids is 1. The highest BCUT2D eigenvalue weighted by molar-refractivity contribution is 7.47. The maximum atomic E-state index is 12.7. The average molecular weight is 948 g/mol. The minimum Gasteiger partial charge on any atom is -0.480 e. The van der Waals surface area contributed by atoms with Crippen molar-refractivity contribution in [2.45, 2.75) is 238 Å². The third-order valence-corrected chi connectivity index (χ3v) is 12.2. The second-order valence-electron chi connectivity index (χ2n) is 17.6. The lowest BCUT2D eigenvalue weighted by Gasteiger charge is -2.20. The van der Waals surface area contributed by atoms with Gasteiger partial charge in [0.15, 0.2) is 0 Å². The molecule has 4 N–H and O–H groups in total. The number of esters is 1. The number of allylic oxidation sites excluding steroid dienone is 12. The molecule has 0 saturated heterocycles. The lowest BCUT2D eigenvalue weighted by atomic mass is 10.0. The molecule has 0 amide bonds. The van der Waals surface area contributed by atoms with Crippen LogP contribution in [0.15, 0.2) is 72.9 Å². The van der Waals surface area contributed by atoms with E-state index < -0.39 is 45.1 Å². The van der Waals surface area contributed by atoms with Crippen LogP contribution in [0.5, 0.6) is 0 Å². The number of nitrogens with two attached hydrogens (primary N) is 1. The monoisotopic (exact) mass is 948 g/mol. The number of phosphoric ester groups is 1. The average Bonchev–Trinajstić information content (AvgIpc) is 3.30. The second kappa shape index (κ2) is 50.3. The highest BCUT2D eigenvalue weighted by Gasteiger charge is 2.27. The fraction of sp³-hybridized carbons (Fsp3) is 0.745. The number of aliphatic carboxylic acids is 1. The van der Waals surface area contributed by atoms with Gasteiger partial charge in [0, 0.05) is 13.0 Å². The number of carbonyl (C=O) groups is 2. The van der Waals surface area contributed by atoms with Gasteiger partial charge < -0.3 is 25.2 Å². The minimum atomic E-state index is -4.64. The molecule has 0 spiro atoms. The smallest absolute Gasteiger partial charge is 0.472 e. The predicted octanol–water partition coefficient (Wildman–Crippen LogP) is 15.7. The van der Waals surface area contributed by atoms with Gasteiger partial charge in [-0.2, -0.15) is 0 Å². The number of hydrogen-bond acceptors (Lipinski definition) is 8. The molecule has 3 unspecified atom stereocenters. The number of hydrogen-bond donors (Lipinski definition) is 3. The largest absolute Gasteiger partial charge is 0.480 e. The Kier molecular flexibility index (Phi) is 48.3. The zero-order valence-electron chi connectivity index (χ0n) is 42.0. The van der Waals surface area contributed by atoms with Gasteiger partial charge in [-0.1, -0.05) is 228 Å². The van der Waals surface area contributed by atoms with Crippen molar-refractivity contribution in [3.8, 4) is 0 Å². The Hall–Kier alpha value is -2.59. The van der Waals surface area contributed by atoms with Gasteiger partial charge in [0.05, 0.1) is 19.8 Å². The lowest BCUT2D eigenvalue weighted by Crippen LogP contribution is -2.34. The van der Waals surface area contributed by atoms with Crippen LogP contribution in [0.4, 0.5) is 0 Å². The van der Waals surface area contributed by atoms with Crippen LogP contribution in [-0.4, -0.2) is 60.5 Å². The fourth-order valence-electron chi connectivity index (χ4n) is 7.20. The van der Waals surface area contributed by atoms with Crippen molar-refractivity contribution >= 4 is 19.8 Å². The van der Waals surface area contributed by atoms with E-state index in [9.17, 15) is 19.0 Å². The normalized spacial score (nSPS) is 14.2. The summed E-state index contributed by atoms with van der Waals surface area (Å²) in [5.74, 6) is -1.82. The molecule has 3 atom stereocenters. The van der Waals surface area contributed by atoms with Crippen LogP contribution >= 0.6 is 7.82 Å². The molecule has 0 heterocycles. The first-order chi connectivity index (χ1) is 32.2. The number of phosphoric acid groups is 1. The van der Waals surface area contributed by atoms with Gasteiger partial charge in [-0.3, -0.25) is 18.6 Å². The van der Waals surface area contributed by atoms with Crippen molar-refractivity contribution in [2.75, 3.05) is 26.4 Å². The molecule has 0 fully saturated rings. The molecule has 0 bridgehead atoms. The molecule has 0 aromatic carbocycles. The minimum absolute atomic E-state index is 0.00176. The van der Waals surface area contributed by atoms with Gasteiger partial charge in [-0.05, 0) is 64.2 Å². The van der Waals surface area contributed by atoms with Crippen LogP contribution in [0.3, 0.4) is 0 Å². The fourth-order valence-corrected chi connectivity index (χ4v) is 7.98. The zero-order valence-corrected chi connectivity index (χ0v) is 42.9. The van der Waals surface area contributed by atoms with E-state index in [1.54, 1.807) is 0 Å². The Morgan fingerprint density at radius 2 is 0.879 bits per heavy atom. The van der Waals surface area contributed by atoms with E-state index in [2.05, 4.69) is 86.8 Å². The third kappa shape index (κ3) is 49.3. The molecular formula is C55H98NO9P. The molecular weight excluding hydrogens is 850 g/mol. The maximum Gasteiger partial charge on any atom is 0.472 e. The molecule has 0 rings (SSSR count). The van der Waals surface area contributed by atoms with Crippen molar-refractivity contribution < 1.29 is 42.7 Å². The van der Waals surface area contributed by atoms with E-state index in [-0.39, 0.29) is 13.0 Å². The molecule has 66 heavy (non-hydrogen) atoms. The molecule has 0 radical (unpaired) electrons. The summed E-state index contributed by atoms with van der Waals surface area (Å²) in [4.78, 5) is 33.7. The van der Waals surface area contributed by atoms with Crippen molar-refractivity contribution in [1.29, 1.82) is 0 Å². The van der Waals surface area contributed by atoms with Crippen LogP contribution in [0.25, 0.3) is 0 Å². The molecule has 382 valence electrons. The van der Waals surface area contributed by atoms with E-state index in [1.807, 2.05) is 0 Å². The molecule has 0 aromatic rings. The van der Waals surface area contributed by atoms with Crippen molar-refractivity contribution in [3.05, 3.63) is 72.9 Å². The van der Waals surface area contributed by atoms with E-state index in [4.69, 9.17) is 29.4 Å². The molecule has 0 aliphatic rings. The molecule has 0 saturated carbocycles. The van der Waals surface area contributed by atoms with Crippen LogP contribution in [-0.2, 0) is 32.7 Å². The summed E-state index contributed by atoms with van der Waals surface area (Å²) < 4.78 is 33.5. The van der Waals surface area contributed by atoms with Gasteiger partial charge in [-0.15, -0.1) is 0 Å². The first-order valence-corrected chi connectivity index (χ1v) is 28.0. The van der Waals surface area contributed by atoms with E-state index >= 15 is 0 Å². The Morgan fingerprint density at radius 3 is 1.29 bits per heavy atom. The summed E-state index contributed by atoms with van der Waals surface area (Å²) in [6.07, 6.45) is 64.0. The van der Waals surface area contributed by atoms with Gasteiger partial charge >= 0.3 is 19.8 Å². The number of unbranched alkanes of at least 4 members (excludes halogenated alkanes) is 24. The second-order valence-corrected chi connectivity index (χ2v) is 19.1. The number of rotatable bonds is 50. The van der Waals surface area contributed by atoms with Crippen LogP contribution in [0, 0.1) is 0 Å². The van der Waals surface area contributed by atoms with Crippen LogP contribution in [0.2, 0.25) is 0 Å². The molecule has 0 aliphatic carbocycles. The number of ether oxygens (including phenoxy) is 2. The number of carbonyl (C=O) groups excluding carboxylic acids is 1. The number of carboxylic acid groups (broad SMARTS) is 1. The highest BCUT2D eigenvalue weighted by Crippen LogP contribution is 2.43. The quantitative estimate of drug-likeness (QED) is 0.0232. The molecule has 10 nitrogen and oxygen atoms in total. The van der Waals surface area contributed by atoms with Crippen molar-refractivity contribution in [1.82, 2.24) is 0 Å². The molecule has 11 heteroatoms. The molecule has 0 aromatic heterocycles. The molecule has 0 aliphatic heterocycles. The van der Waals surface area contributed by atoms with E-state index in [0.29, 0.717) is 13.0 Å². The van der Waals surface area contributed by atoms with Gasteiger partial charge in [0.2, 0.25) is 0 Å². The zero-order chi connectivity index (χ0) is 48.3. The predicted molar refractivity (Wildman–Crippen MR) is 277 cm³/mol. The standard InChI is InChI=1S/C55H98NO9P/c1-3-5-7-9-11-13-15-17-19-21-23-25-26-28-30-32-34-36-38-40-42-44-46-48-62-49-52(50-63-66(60,61)64-51-53(56)55(58)59)65-54(57)47-45-43-41-39-37-35-33-31-29-27-24-22-20-18-16-14-12-10-8-6-4-2/h6,8,12,14,18,20,24,27,31,33,37,39,52-53H,3-5,7,9-11,13,15-17,19,21-23,25-26,28-30,32,34-36,38,40-51,56H2,1-2H3,(H,58,59)(H,60,61)/b8-6-,14-12-,20-18-,27-24-,33-31-,39-37-. The van der Waals surface area contributed by atoms with Gasteiger partial charge in [0.1, 0.15) is 12.1 Å². The SMILES string of the molecule is CC/C=C\C/C=C\C/C=C\C/C=C\C/C=C\C/C=C\CCCCC(=O)OC(COCCCCCCCCCCCCCCCCCCCCCCCCC)COP(=O)(O)OCC(N)C(=O)O. The van der Waals surface area contributed by atoms with Gasteiger partial charge in [-0.25, -0.2) is 4.57 Å². The summed E-state index contributed by atoms with van der Waals surface area (Å²) in [6, 6.07) is -1.48. The summed E-state index contributed by atoms with van der Waals surface area (Å²) in [5.41, 5.74) is 5.38. The van der Waals surface area contributed by atoms with E-state index in [0.717, 1.165) is 70.6 Å². The van der Waals surface area contributed by atoms with Crippen LogP contribution < -0.4 is 5.73 Å². The Labute approximate surface area is 404 Å². The Balaban J connectivity index is 4.19. The van der Waals surface area contributed by atoms with E-state index in [1.165, 1.54) is 128 Å². The Morgan fingerprint density at radius 1 is 0.500 bits per heavy atom. The maximum absolute atomic E-state index is 12.7. The Bertz CT molecular complexity index is 1330.